The minimum absolute atomic E-state index is 0.199. The predicted molar refractivity (Wildman–Crippen MR) is 70.7 cm³/mol. The lowest BCUT2D eigenvalue weighted by Crippen LogP contribution is -2.37. The second-order valence-corrected chi connectivity index (χ2v) is 6.17. The van der Waals surface area contributed by atoms with Gasteiger partial charge in [0.2, 0.25) is 5.89 Å². The SMILES string of the molecule is CC(C)CC(NCc1noc(C(C)(C)C)n1)C(=O)O. The Morgan fingerprint density at radius 3 is 2.47 bits per heavy atom. The van der Waals surface area contributed by atoms with Crippen molar-refractivity contribution >= 4 is 5.97 Å². The van der Waals surface area contributed by atoms with Gasteiger partial charge in [0, 0.05) is 5.41 Å². The van der Waals surface area contributed by atoms with Gasteiger partial charge in [-0.15, -0.1) is 0 Å². The summed E-state index contributed by atoms with van der Waals surface area (Å²) < 4.78 is 5.15. The van der Waals surface area contributed by atoms with Crippen molar-refractivity contribution in [3.63, 3.8) is 0 Å². The van der Waals surface area contributed by atoms with E-state index in [0.29, 0.717) is 30.6 Å². The van der Waals surface area contributed by atoms with E-state index in [1.165, 1.54) is 0 Å². The second-order valence-electron chi connectivity index (χ2n) is 6.17. The van der Waals surface area contributed by atoms with Crippen LogP contribution in [0.2, 0.25) is 0 Å². The monoisotopic (exact) mass is 269 g/mol. The van der Waals surface area contributed by atoms with Gasteiger partial charge in [-0.05, 0) is 12.3 Å². The lowest BCUT2D eigenvalue weighted by atomic mass is 9.97. The van der Waals surface area contributed by atoms with Crippen molar-refractivity contribution < 1.29 is 14.4 Å². The van der Waals surface area contributed by atoms with E-state index in [2.05, 4.69) is 15.5 Å². The Morgan fingerprint density at radius 2 is 2.05 bits per heavy atom. The average Bonchev–Trinajstić information content (AvgIpc) is 2.71. The highest BCUT2D eigenvalue weighted by Crippen LogP contribution is 2.19. The summed E-state index contributed by atoms with van der Waals surface area (Å²) in [6, 6.07) is -0.586. The first-order valence-corrected chi connectivity index (χ1v) is 6.49. The fourth-order valence-corrected chi connectivity index (χ4v) is 1.59. The number of carboxylic acid groups (broad SMARTS) is 1. The van der Waals surface area contributed by atoms with Gasteiger partial charge in [0.1, 0.15) is 6.04 Å². The lowest BCUT2D eigenvalue weighted by Gasteiger charge is -2.15. The molecule has 0 bridgehead atoms. The quantitative estimate of drug-likeness (QED) is 0.820. The zero-order valence-corrected chi connectivity index (χ0v) is 12.2. The van der Waals surface area contributed by atoms with Crippen LogP contribution in [0.5, 0.6) is 0 Å². The Labute approximate surface area is 113 Å². The molecule has 0 amide bonds. The highest BCUT2D eigenvalue weighted by molar-refractivity contribution is 5.73. The maximum atomic E-state index is 11.1. The largest absolute Gasteiger partial charge is 0.480 e. The number of nitrogens with one attached hydrogen (secondary N) is 1. The normalized spacial score (nSPS) is 13.8. The van der Waals surface area contributed by atoms with Gasteiger partial charge in [0.05, 0.1) is 6.54 Å². The van der Waals surface area contributed by atoms with E-state index >= 15 is 0 Å². The van der Waals surface area contributed by atoms with Gasteiger partial charge in [-0.2, -0.15) is 4.98 Å². The van der Waals surface area contributed by atoms with Gasteiger partial charge in [0.15, 0.2) is 5.82 Å². The molecular formula is C13H23N3O3. The molecule has 0 aliphatic heterocycles. The molecule has 2 N–H and O–H groups in total. The summed E-state index contributed by atoms with van der Waals surface area (Å²) >= 11 is 0. The van der Waals surface area contributed by atoms with Gasteiger partial charge in [-0.1, -0.05) is 39.8 Å². The van der Waals surface area contributed by atoms with Crippen molar-refractivity contribution in [2.75, 3.05) is 0 Å². The van der Waals surface area contributed by atoms with Crippen molar-refractivity contribution in [1.29, 1.82) is 0 Å². The lowest BCUT2D eigenvalue weighted by molar-refractivity contribution is -0.140. The smallest absolute Gasteiger partial charge is 0.320 e. The van der Waals surface area contributed by atoms with E-state index in [4.69, 9.17) is 9.63 Å². The zero-order chi connectivity index (χ0) is 14.6. The summed E-state index contributed by atoms with van der Waals surface area (Å²) in [7, 11) is 0. The van der Waals surface area contributed by atoms with Crippen molar-refractivity contribution in [3.8, 4) is 0 Å². The first-order chi connectivity index (χ1) is 8.70. The van der Waals surface area contributed by atoms with E-state index in [9.17, 15) is 4.79 Å². The topological polar surface area (TPSA) is 88.3 Å². The summed E-state index contributed by atoms with van der Waals surface area (Å²) in [5.41, 5.74) is -0.199. The first-order valence-electron chi connectivity index (χ1n) is 6.49. The van der Waals surface area contributed by atoms with Gasteiger partial charge in [0.25, 0.3) is 0 Å². The first kappa shape index (κ1) is 15.6. The minimum Gasteiger partial charge on any atom is -0.480 e. The van der Waals surface area contributed by atoms with E-state index in [-0.39, 0.29) is 5.41 Å². The van der Waals surface area contributed by atoms with Gasteiger partial charge in [-0.3, -0.25) is 10.1 Å². The number of rotatable bonds is 6. The molecule has 0 aromatic carbocycles. The van der Waals surface area contributed by atoms with Crippen LogP contribution in [0, 0.1) is 5.92 Å². The molecule has 1 unspecified atom stereocenters. The number of hydrogen-bond acceptors (Lipinski definition) is 5. The molecule has 19 heavy (non-hydrogen) atoms. The molecule has 0 aliphatic carbocycles. The molecule has 6 heteroatoms. The van der Waals surface area contributed by atoms with Crippen LogP contribution in [0.3, 0.4) is 0 Å². The van der Waals surface area contributed by atoms with E-state index in [1.807, 2.05) is 34.6 Å². The van der Waals surface area contributed by atoms with Crippen LogP contribution < -0.4 is 5.32 Å². The van der Waals surface area contributed by atoms with Crippen LogP contribution in [0.25, 0.3) is 0 Å². The number of hydrogen-bond donors (Lipinski definition) is 2. The average molecular weight is 269 g/mol. The zero-order valence-electron chi connectivity index (χ0n) is 12.2. The van der Waals surface area contributed by atoms with Gasteiger partial charge >= 0.3 is 5.97 Å². The molecule has 1 atom stereocenters. The highest BCUT2D eigenvalue weighted by Gasteiger charge is 2.23. The maximum Gasteiger partial charge on any atom is 0.320 e. The summed E-state index contributed by atoms with van der Waals surface area (Å²) in [6.07, 6.45) is 0.569. The third-order valence-corrected chi connectivity index (χ3v) is 2.62. The molecule has 108 valence electrons. The molecule has 0 radical (unpaired) electrons. The van der Waals surface area contributed by atoms with Crippen molar-refractivity contribution in [1.82, 2.24) is 15.5 Å². The summed E-state index contributed by atoms with van der Waals surface area (Å²) in [6.45, 7) is 10.2. The molecule has 1 heterocycles. The second kappa shape index (κ2) is 6.14. The van der Waals surface area contributed by atoms with Crippen LogP contribution in [-0.2, 0) is 16.8 Å². The Kier molecular flexibility index (Phi) is 5.05. The molecule has 6 nitrogen and oxygen atoms in total. The molecule has 1 aromatic rings. The van der Waals surface area contributed by atoms with E-state index in [1.54, 1.807) is 0 Å². The van der Waals surface area contributed by atoms with Crippen LogP contribution in [-0.4, -0.2) is 27.3 Å². The van der Waals surface area contributed by atoms with Crippen LogP contribution in [0.4, 0.5) is 0 Å². The standard InChI is InChI=1S/C13H23N3O3/c1-8(2)6-9(11(17)18)14-7-10-15-12(19-16-10)13(3,4)5/h8-9,14H,6-7H2,1-5H3,(H,17,18). The third-order valence-electron chi connectivity index (χ3n) is 2.62. The van der Waals surface area contributed by atoms with E-state index in [0.717, 1.165) is 0 Å². The minimum atomic E-state index is -0.853. The molecule has 0 aliphatic rings. The fraction of sp³-hybridized carbons (Fsp3) is 0.769. The van der Waals surface area contributed by atoms with Crippen molar-refractivity contribution in [3.05, 3.63) is 11.7 Å². The van der Waals surface area contributed by atoms with Gasteiger partial charge in [-0.25, -0.2) is 0 Å². The molecule has 0 spiro atoms. The molecular weight excluding hydrogens is 246 g/mol. The molecule has 0 fully saturated rings. The number of carbonyl (C=O) groups is 1. The van der Waals surface area contributed by atoms with Crippen LogP contribution in [0.1, 0.15) is 52.8 Å². The maximum absolute atomic E-state index is 11.1. The van der Waals surface area contributed by atoms with Crippen molar-refractivity contribution in [2.24, 2.45) is 5.92 Å². The summed E-state index contributed by atoms with van der Waals surface area (Å²) in [5.74, 6) is 0.497. The number of aromatic nitrogens is 2. The van der Waals surface area contributed by atoms with Gasteiger partial charge < -0.3 is 9.63 Å². The number of carboxylic acids is 1. The van der Waals surface area contributed by atoms with Crippen molar-refractivity contribution in [2.45, 2.75) is 59.0 Å². The highest BCUT2D eigenvalue weighted by atomic mass is 16.5. The Balaban J connectivity index is 2.60. The summed E-state index contributed by atoms with van der Waals surface area (Å²) in [5, 5.41) is 15.9. The Hall–Kier alpha value is -1.43. The van der Waals surface area contributed by atoms with Crippen LogP contribution >= 0.6 is 0 Å². The molecule has 0 saturated heterocycles. The summed E-state index contributed by atoms with van der Waals surface area (Å²) in [4.78, 5) is 15.4. The fourth-order valence-electron chi connectivity index (χ4n) is 1.59. The molecule has 0 saturated carbocycles. The Bertz CT molecular complexity index is 421. The molecule has 1 rings (SSSR count). The molecule has 1 aromatic heterocycles. The predicted octanol–water partition coefficient (Wildman–Crippen LogP) is 1.96. The van der Waals surface area contributed by atoms with Crippen LogP contribution in [0.15, 0.2) is 4.52 Å². The Morgan fingerprint density at radius 1 is 1.42 bits per heavy atom. The van der Waals surface area contributed by atoms with E-state index < -0.39 is 12.0 Å². The third kappa shape index (κ3) is 4.98. The number of aliphatic carboxylic acids is 1. The number of nitrogens with zero attached hydrogens (tertiary/aromatic N) is 2.